The summed E-state index contributed by atoms with van der Waals surface area (Å²) in [6.07, 6.45) is 1.04. The Bertz CT molecular complexity index is 223. The minimum absolute atomic E-state index is 0.283. The van der Waals surface area contributed by atoms with Crippen LogP contribution in [0.5, 0.6) is 0 Å². The fourth-order valence-electron chi connectivity index (χ4n) is 2.21. The lowest BCUT2D eigenvalue weighted by atomic mass is 10.1. The molecule has 0 saturated carbocycles. The van der Waals surface area contributed by atoms with E-state index in [2.05, 4.69) is 30.6 Å². The number of hydrogen-bond acceptors (Lipinski definition) is 3. The molecule has 1 fully saturated rings. The Balaban J connectivity index is 2.27. The first-order valence-corrected chi connectivity index (χ1v) is 6.20. The smallest absolute Gasteiger partial charge is 0.303 e. The third kappa shape index (κ3) is 4.10. The Kier molecular flexibility index (Phi) is 5.22. The highest BCUT2D eigenvalue weighted by atomic mass is 16.4. The Morgan fingerprint density at radius 1 is 1.12 bits per heavy atom. The molecule has 16 heavy (non-hydrogen) atoms. The topological polar surface area (TPSA) is 43.8 Å². The van der Waals surface area contributed by atoms with Crippen LogP contribution in [0.4, 0.5) is 0 Å². The average Bonchev–Trinajstić information content (AvgIpc) is 2.26. The highest BCUT2D eigenvalue weighted by Crippen LogP contribution is 2.12. The van der Waals surface area contributed by atoms with Crippen molar-refractivity contribution in [1.82, 2.24) is 9.80 Å². The van der Waals surface area contributed by atoms with Gasteiger partial charge >= 0.3 is 5.97 Å². The van der Waals surface area contributed by atoms with E-state index in [1.807, 2.05) is 0 Å². The summed E-state index contributed by atoms with van der Waals surface area (Å²) in [4.78, 5) is 15.4. The van der Waals surface area contributed by atoms with Crippen LogP contribution in [0.3, 0.4) is 0 Å². The molecule has 1 heterocycles. The second-order valence-electron chi connectivity index (χ2n) is 4.95. The molecule has 0 amide bonds. The molecule has 0 radical (unpaired) electrons. The molecular formula is C12H24N2O2. The van der Waals surface area contributed by atoms with Gasteiger partial charge in [0.2, 0.25) is 0 Å². The molecule has 4 heteroatoms. The fraction of sp³-hybridized carbons (Fsp3) is 0.917. The zero-order valence-electron chi connectivity index (χ0n) is 10.6. The second kappa shape index (κ2) is 6.21. The average molecular weight is 228 g/mol. The van der Waals surface area contributed by atoms with Gasteiger partial charge in [0, 0.05) is 44.7 Å². The van der Waals surface area contributed by atoms with E-state index in [4.69, 9.17) is 5.11 Å². The highest BCUT2D eigenvalue weighted by molar-refractivity contribution is 5.66. The third-order valence-electron chi connectivity index (χ3n) is 3.48. The predicted molar refractivity (Wildman–Crippen MR) is 64.6 cm³/mol. The summed E-state index contributed by atoms with van der Waals surface area (Å²) in [5.41, 5.74) is 0. The largest absolute Gasteiger partial charge is 0.481 e. The van der Waals surface area contributed by atoms with Crippen molar-refractivity contribution < 1.29 is 9.90 Å². The molecule has 0 aliphatic carbocycles. The summed E-state index contributed by atoms with van der Waals surface area (Å²) < 4.78 is 0. The van der Waals surface area contributed by atoms with Crippen molar-refractivity contribution in [3.05, 3.63) is 0 Å². The van der Waals surface area contributed by atoms with Crippen molar-refractivity contribution in [2.45, 2.75) is 45.7 Å². The number of nitrogens with zero attached hydrogens (tertiary/aromatic N) is 2. The van der Waals surface area contributed by atoms with Crippen molar-refractivity contribution in [2.75, 3.05) is 26.2 Å². The summed E-state index contributed by atoms with van der Waals surface area (Å²) in [6, 6.07) is 1.02. The number of carbonyl (C=O) groups is 1. The van der Waals surface area contributed by atoms with Gasteiger partial charge in [-0.25, -0.2) is 0 Å². The zero-order chi connectivity index (χ0) is 12.1. The van der Waals surface area contributed by atoms with Gasteiger partial charge in [0.1, 0.15) is 0 Å². The van der Waals surface area contributed by atoms with Crippen molar-refractivity contribution in [2.24, 2.45) is 0 Å². The van der Waals surface area contributed by atoms with E-state index in [9.17, 15) is 4.79 Å². The van der Waals surface area contributed by atoms with Crippen LogP contribution in [-0.4, -0.2) is 59.1 Å². The normalized spacial score (nSPS) is 21.2. The number of carboxylic acids is 1. The molecule has 0 aromatic carbocycles. The quantitative estimate of drug-likeness (QED) is 0.769. The van der Waals surface area contributed by atoms with Crippen molar-refractivity contribution >= 4 is 5.97 Å². The van der Waals surface area contributed by atoms with E-state index < -0.39 is 5.97 Å². The monoisotopic (exact) mass is 228 g/mol. The highest BCUT2D eigenvalue weighted by Gasteiger charge is 2.22. The lowest BCUT2D eigenvalue weighted by Gasteiger charge is -2.39. The Morgan fingerprint density at radius 2 is 1.62 bits per heavy atom. The number of piperazine rings is 1. The van der Waals surface area contributed by atoms with Gasteiger partial charge in [0.25, 0.3) is 0 Å². The molecule has 1 saturated heterocycles. The second-order valence-corrected chi connectivity index (χ2v) is 4.95. The van der Waals surface area contributed by atoms with Gasteiger partial charge in [0.05, 0.1) is 0 Å². The standard InChI is InChI=1S/C12H24N2O2/c1-10(2)13-6-8-14(9-7-13)11(3)4-5-12(15)16/h10-11H,4-9H2,1-3H3,(H,15,16). The molecule has 94 valence electrons. The SMILES string of the molecule is CC(C)N1CCN(C(C)CCC(=O)O)CC1. The van der Waals surface area contributed by atoms with Gasteiger partial charge in [-0.15, -0.1) is 0 Å². The number of carboxylic acid groups (broad SMARTS) is 1. The molecule has 0 spiro atoms. The van der Waals surface area contributed by atoms with Crippen LogP contribution in [0.2, 0.25) is 0 Å². The molecule has 1 rings (SSSR count). The van der Waals surface area contributed by atoms with E-state index in [0.717, 1.165) is 32.6 Å². The van der Waals surface area contributed by atoms with Crippen molar-refractivity contribution in [3.63, 3.8) is 0 Å². The molecule has 1 aliphatic rings. The van der Waals surface area contributed by atoms with Gasteiger partial charge in [-0.1, -0.05) is 0 Å². The van der Waals surface area contributed by atoms with Crippen LogP contribution in [-0.2, 0) is 4.79 Å². The maximum atomic E-state index is 10.5. The first-order chi connectivity index (χ1) is 7.50. The molecule has 1 N–H and O–H groups in total. The van der Waals surface area contributed by atoms with Gasteiger partial charge < -0.3 is 5.11 Å². The molecular weight excluding hydrogens is 204 g/mol. The fourth-order valence-corrected chi connectivity index (χ4v) is 2.21. The van der Waals surface area contributed by atoms with Crippen LogP contribution in [0.1, 0.15) is 33.6 Å². The predicted octanol–water partition coefficient (Wildman–Crippen LogP) is 1.27. The third-order valence-corrected chi connectivity index (χ3v) is 3.48. The minimum Gasteiger partial charge on any atom is -0.481 e. The van der Waals surface area contributed by atoms with Gasteiger partial charge in [-0.05, 0) is 27.2 Å². The Labute approximate surface area is 98.2 Å². The van der Waals surface area contributed by atoms with Gasteiger partial charge in [0.15, 0.2) is 0 Å². The summed E-state index contributed by atoms with van der Waals surface area (Å²) in [5.74, 6) is -0.687. The summed E-state index contributed by atoms with van der Waals surface area (Å²) in [6.45, 7) is 10.9. The van der Waals surface area contributed by atoms with E-state index in [1.54, 1.807) is 0 Å². The molecule has 4 nitrogen and oxygen atoms in total. The van der Waals surface area contributed by atoms with Crippen molar-refractivity contribution in [1.29, 1.82) is 0 Å². The Morgan fingerprint density at radius 3 is 2.06 bits per heavy atom. The van der Waals surface area contributed by atoms with E-state index in [-0.39, 0.29) is 6.42 Å². The molecule has 0 aromatic rings. The summed E-state index contributed by atoms with van der Waals surface area (Å²) in [5, 5.41) is 8.65. The molecule has 0 bridgehead atoms. The van der Waals surface area contributed by atoms with E-state index in [0.29, 0.717) is 12.1 Å². The summed E-state index contributed by atoms with van der Waals surface area (Å²) >= 11 is 0. The van der Waals surface area contributed by atoms with Crippen LogP contribution in [0, 0.1) is 0 Å². The first kappa shape index (κ1) is 13.5. The minimum atomic E-state index is -0.687. The van der Waals surface area contributed by atoms with Crippen molar-refractivity contribution in [3.8, 4) is 0 Å². The lowest BCUT2D eigenvalue weighted by molar-refractivity contribution is -0.137. The molecule has 0 aromatic heterocycles. The number of hydrogen-bond donors (Lipinski definition) is 1. The van der Waals surface area contributed by atoms with Crippen LogP contribution in [0.25, 0.3) is 0 Å². The van der Waals surface area contributed by atoms with Crippen LogP contribution >= 0.6 is 0 Å². The lowest BCUT2D eigenvalue weighted by Crippen LogP contribution is -2.51. The summed E-state index contributed by atoms with van der Waals surface area (Å²) in [7, 11) is 0. The molecule has 1 unspecified atom stereocenters. The van der Waals surface area contributed by atoms with E-state index in [1.165, 1.54) is 0 Å². The number of rotatable bonds is 5. The zero-order valence-corrected chi connectivity index (χ0v) is 10.6. The maximum Gasteiger partial charge on any atom is 0.303 e. The van der Waals surface area contributed by atoms with Gasteiger partial charge in [-0.2, -0.15) is 0 Å². The first-order valence-electron chi connectivity index (χ1n) is 6.20. The van der Waals surface area contributed by atoms with Gasteiger partial charge in [-0.3, -0.25) is 14.6 Å². The Hall–Kier alpha value is -0.610. The molecule has 1 aliphatic heterocycles. The van der Waals surface area contributed by atoms with Crippen LogP contribution in [0.15, 0.2) is 0 Å². The number of aliphatic carboxylic acids is 1. The van der Waals surface area contributed by atoms with Crippen LogP contribution < -0.4 is 0 Å². The van der Waals surface area contributed by atoms with E-state index >= 15 is 0 Å². The molecule has 1 atom stereocenters. The maximum absolute atomic E-state index is 10.5.